The van der Waals surface area contributed by atoms with E-state index in [1.165, 1.54) is 16.2 Å². The van der Waals surface area contributed by atoms with Crippen LogP contribution in [0.1, 0.15) is 0 Å². The Morgan fingerprint density at radius 3 is 1.67 bits per heavy atom. The summed E-state index contributed by atoms with van der Waals surface area (Å²) in [6.07, 6.45) is 0. The topological polar surface area (TPSA) is 43.6 Å². The first-order valence-corrected chi connectivity index (χ1v) is 19.3. The van der Waals surface area contributed by atoms with E-state index in [0.29, 0.717) is 5.82 Å². The van der Waals surface area contributed by atoms with Crippen molar-refractivity contribution in [2.75, 3.05) is 0 Å². The number of para-hydroxylation sites is 1. The van der Waals surface area contributed by atoms with E-state index in [9.17, 15) is 0 Å². The Bertz CT molecular complexity index is 3260. The minimum absolute atomic E-state index is 0.690. The molecule has 0 spiro atoms. The molecule has 0 aliphatic heterocycles. The van der Waals surface area contributed by atoms with Gasteiger partial charge in [-0.3, -0.25) is 0 Å². The Labute approximate surface area is 330 Å². The Morgan fingerprint density at radius 1 is 0.351 bits per heavy atom. The largest absolute Gasteiger partial charge is 0.232 e. The first kappa shape index (κ1) is 32.7. The highest BCUT2D eigenvalue weighted by atomic mass is 15.3. The third-order valence-corrected chi connectivity index (χ3v) is 11.0. The van der Waals surface area contributed by atoms with Gasteiger partial charge in [-0.1, -0.05) is 170 Å². The summed E-state index contributed by atoms with van der Waals surface area (Å²) in [6.45, 7) is 0. The second-order valence-corrected chi connectivity index (χ2v) is 14.4. The Kier molecular flexibility index (Phi) is 7.78. The number of hydrogen-bond acceptors (Lipinski definition) is 3. The van der Waals surface area contributed by atoms with Crippen LogP contribution in [0.4, 0.5) is 0 Å². The lowest BCUT2D eigenvalue weighted by Gasteiger charge is -2.14. The number of fused-ring (bicyclic) bond motifs is 6. The maximum atomic E-state index is 5.38. The molecule has 11 aromatic rings. The molecule has 4 heteroatoms. The number of hydrogen-bond donors (Lipinski definition) is 0. The maximum absolute atomic E-state index is 5.38. The summed E-state index contributed by atoms with van der Waals surface area (Å²) >= 11 is 0. The minimum Gasteiger partial charge on any atom is -0.232 e. The second kappa shape index (κ2) is 13.6. The predicted octanol–water partition coefficient (Wildman–Crippen LogP) is 13.6. The van der Waals surface area contributed by atoms with Gasteiger partial charge in [-0.05, 0) is 74.5 Å². The van der Waals surface area contributed by atoms with Crippen molar-refractivity contribution in [1.29, 1.82) is 0 Å². The molecule has 0 unspecified atom stereocenters. The molecule has 266 valence electrons. The number of nitrogens with zero attached hydrogens (tertiary/aromatic N) is 4. The van der Waals surface area contributed by atoms with Crippen LogP contribution in [0.3, 0.4) is 0 Å². The molecular formula is C53H34N4. The standard InChI is InChI=1S/C53H34N4/c1-5-17-35(18-6-1)46-33-40-31-39(29-30-43(40)52-50(46)51(36-19-7-2-8-20-36)56-57(52)41-24-11-4-12-25-41)48-34-49(55-53(54-48)37-21-9-3-10-22-37)47-32-38-23-13-14-26-42(38)44-27-15-16-28-45(44)47/h1-34H. The van der Waals surface area contributed by atoms with E-state index in [-0.39, 0.29) is 0 Å². The smallest absolute Gasteiger partial charge is 0.160 e. The number of rotatable bonds is 6. The van der Waals surface area contributed by atoms with Gasteiger partial charge in [0, 0.05) is 33.0 Å². The average molecular weight is 727 g/mol. The van der Waals surface area contributed by atoms with Gasteiger partial charge >= 0.3 is 0 Å². The lowest BCUT2D eigenvalue weighted by Crippen LogP contribution is -1.98. The fourth-order valence-electron chi connectivity index (χ4n) is 8.32. The molecule has 0 amide bonds. The lowest BCUT2D eigenvalue weighted by molar-refractivity contribution is 0.918. The van der Waals surface area contributed by atoms with Gasteiger partial charge in [0.15, 0.2) is 5.82 Å². The fourth-order valence-corrected chi connectivity index (χ4v) is 8.32. The Morgan fingerprint density at radius 2 is 0.930 bits per heavy atom. The van der Waals surface area contributed by atoms with E-state index in [2.05, 4.69) is 187 Å². The summed E-state index contributed by atoms with van der Waals surface area (Å²) in [5.41, 5.74) is 11.2. The summed E-state index contributed by atoms with van der Waals surface area (Å²) in [5, 5.41) is 13.5. The van der Waals surface area contributed by atoms with Crippen molar-refractivity contribution in [2.45, 2.75) is 0 Å². The molecule has 0 saturated heterocycles. The molecule has 0 bridgehead atoms. The quantitative estimate of drug-likeness (QED) is 0.160. The summed E-state index contributed by atoms with van der Waals surface area (Å²) in [7, 11) is 0. The van der Waals surface area contributed by atoms with Crippen molar-refractivity contribution in [3.63, 3.8) is 0 Å². The monoisotopic (exact) mass is 726 g/mol. The summed E-state index contributed by atoms with van der Waals surface area (Å²) in [6, 6.07) is 72.6. The van der Waals surface area contributed by atoms with E-state index in [4.69, 9.17) is 15.1 Å². The lowest BCUT2D eigenvalue weighted by atomic mass is 9.92. The normalized spacial score (nSPS) is 11.5. The van der Waals surface area contributed by atoms with Crippen molar-refractivity contribution in [3.8, 4) is 62.0 Å². The molecule has 0 aliphatic carbocycles. The SMILES string of the molecule is c1ccc(-c2nc(-c3ccc4c(c3)cc(-c3ccccc3)c3c(-c5ccccc5)nn(-c5ccccc5)c34)cc(-c3cc4ccccc4c4ccccc34)n2)cc1. The molecule has 0 aliphatic rings. The highest BCUT2D eigenvalue weighted by Crippen LogP contribution is 2.43. The zero-order valence-corrected chi connectivity index (χ0v) is 30.9. The van der Waals surface area contributed by atoms with Crippen molar-refractivity contribution >= 4 is 43.2 Å². The highest BCUT2D eigenvalue weighted by molar-refractivity contribution is 6.18. The van der Waals surface area contributed by atoms with Crippen LogP contribution in [-0.4, -0.2) is 19.7 Å². The molecule has 0 N–H and O–H groups in total. The third-order valence-electron chi connectivity index (χ3n) is 11.0. The zero-order chi connectivity index (χ0) is 37.7. The fraction of sp³-hybridized carbons (Fsp3) is 0. The summed E-state index contributed by atoms with van der Waals surface area (Å²) < 4.78 is 2.12. The van der Waals surface area contributed by atoms with Crippen LogP contribution in [0.15, 0.2) is 206 Å². The van der Waals surface area contributed by atoms with E-state index in [1.807, 2.05) is 24.3 Å². The van der Waals surface area contributed by atoms with Gasteiger partial charge < -0.3 is 0 Å². The van der Waals surface area contributed by atoms with E-state index in [1.54, 1.807) is 0 Å². The average Bonchev–Trinajstić information content (AvgIpc) is 3.70. The van der Waals surface area contributed by atoms with Gasteiger partial charge in [0.25, 0.3) is 0 Å². The molecule has 0 atom stereocenters. The second-order valence-electron chi connectivity index (χ2n) is 14.4. The van der Waals surface area contributed by atoms with Crippen molar-refractivity contribution < 1.29 is 0 Å². The molecular weight excluding hydrogens is 693 g/mol. The molecule has 2 heterocycles. The van der Waals surface area contributed by atoms with Crippen LogP contribution in [0.2, 0.25) is 0 Å². The molecule has 11 rings (SSSR count). The van der Waals surface area contributed by atoms with E-state index >= 15 is 0 Å². The number of benzene rings is 9. The molecule has 0 radical (unpaired) electrons. The predicted molar refractivity (Wildman–Crippen MR) is 236 cm³/mol. The molecule has 4 nitrogen and oxygen atoms in total. The minimum atomic E-state index is 0.690. The molecule has 9 aromatic carbocycles. The van der Waals surface area contributed by atoms with Crippen LogP contribution >= 0.6 is 0 Å². The summed E-state index contributed by atoms with van der Waals surface area (Å²) in [4.78, 5) is 10.5. The van der Waals surface area contributed by atoms with Crippen LogP contribution in [0.25, 0.3) is 105 Å². The molecule has 2 aromatic heterocycles. The molecule has 0 saturated carbocycles. The van der Waals surface area contributed by atoms with Gasteiger partial charge in [0.05, 0.1) is 22.6 Å². The van der Waals surface area contributed by atoms with Crippen LogP contribution in [0.5, 0.6) is 0 Å². The van der Waals surface area contributed by atoms with Crippen LogP contribution in [0, 0.1) is 0 Å². The highest BCUT2D eigenvalue weighted by Gasteiger charge is 2.22. The van der Waals surface area contributed by atoms with E-state index in [0.717, 1.165) is 83.2 Å². The van der Waals surface area contributed by atoms with E-state index < -0.39 is 0 Å². The first-order chi connectivity index (χ1) is 28.3. The van der Waals surface area contributed by atoms with Gasteiger partial charge in [-0.25, -0.2) is 14.6 Å². The van der Waals surface area contributed by atoms with Crippen LogP contribution < -0.4 is 0 Å². The molecule has 0 fully saturated rings. The third kappa shape index (κ3) is 5.66. The van der Waals surface area contributed by atoms with Gasteiger partial charge in [-0.15, -0.1) is 0 Å². The Hall–Kier alpha value is -7.69. The van der Waals surface area contributed by atoms with Crippen molar-refractivity contribution in [1.82, 2.24) is 19.7 Å². The van der Waals surface area contributed by atoms with Crippen molar-refractivity contribution in [2.24, 2.45) is 0 Å². The zero-order valence-electron chi connectivity index (χ0n) is 30.9. The van der Waals surface area contributed by atoms with Gasteiger partial charge in [0.2, 0.25) is 0 Å². The van der Waals surface area contributed by atoms with Crippen LogP contribution in [-0.2, 0) is 0 Å². The first-order valence-electron chi connectivity index (χ1n) is 19.3. The van der Waals surface area contributed by atoms with Crippen molar-refractivity contribution in [3.05, 3.63) is 206 Å². The van der Waals surface area contributed by atoms with Gasteiger partial charge in [0.1, 0.15) is 5.69 Å². The molecule has 57 heavy (non-hydrogen) atoms. The maximum Gasteiger partial charge on any atom is 0.160 e. The van der Waals surface area contributed by atoms with Gasteiger partial charge in [-0.2, -0.15) is 5.10 Å². The summed E-state index contributed by atoms with van der Waals surface area (Å²) in [5.74, 6) is 0.690. The Balaban J connectivity index is 1.19. The number of aromatic nitrogens is 4.